The average Bonchev–Trinajstić information content (AvgIpc) is 2.71. The first-order valence-corrected chi connectivity index (χ1v) is 6.36. The maximum atomic E-state index is 9.76. The van der Waals surface area contributed by atoms with Crippen molar-refractivity contribution in [2.75, 3.05) is 0 Å². The third-order valence-corrected chi connectivity index (χ3v) is 3.40. The lowest BCUT2D eigenvalue weighted by Gasteiger charge is -2.14. The highest BCUT2D eigenvalue weighted by atomic mass is 16.3. The van der Waals surface area contributed by atoms with Crippen LogP contribution in [0.25, 0.3) is 0 Å². The van der Waals surface area contributed by atoms with Gasteiger partial charge in [-0.15, -0.1) is 0 Å². The number of aryl methyl sites for hydroxylation is 2. The predicted molar refractivity (Wildman–Crippen MR) is 73.8 cm³/mol. The van der Waals surface area contributed by atoms with Crippen molar-refractivity contribution in [1.29, 1.82) is 0 Å². The summed E-state index contributed by atoms with van der Waals surface area (Å²) >= 11 is 0. The molecular weight excluding hydrogens is 240 g/mol. The van der Waals surface area contributed by atoms with Crippen molar-refractivity contribution >= 4 is 0 Å². The minimum absolute atomic E-state index is 0.162. The van der Waals surface area contributed by atoms with Gasteiger partial charge in [0.1, 0.15) is 5.75 Å². The van der Waals surface area contributed by atoms with Crippen LogP contribution in [-0.4, -0.2) is 19.9 Å². The van der Waals surface area contributed by atoms with Crippen LogP contribution in [0.5, 0.6) is 5.75 Å². The first kappa shape index (κ1) is 13.5. The highest BCUT2D eigenvalue weighted by Gasteiger charge is 2.12. The van der Waals surface area contributed by atoms with Crippen LogP contribution < -0.4 is 5.32 Å². The monoisotopic (exact) mass is 260 g/mol. The Bertz CT molecular complexity index is 577. The normalized spacial score (nSPS) is 12.6. The minimum Gasteiger partial charge on any atom is -0.506 e. The molecule has 1 atom stereocenters. The number of pyridine rings is 1. The van der Waals surface area contributed by atoms with Gasteiger partial charge in [-0.05, 0) is 32.9 Å². The van der Waals surface area contributed by atoms with Crippen molar-refractivity contribution in [2.45, 2.75) is 33.4 Å². The molecule has 0 aromatic carbocycles. The summed E-state index contributed by atoms with van der Waals surface area (Å²) in [6.45, 7) is 6.57. The van der Waals surface area contributed by atoms with E-state index in [-0.39, 0.29) is 11.8 Å². The lowest BCUT2D eigenvalue weighted by atomic mass is 10.1. The topological polar surface area (TPSA) is 63.0 Å². The van der Waals surface area contributed by atoms with E-state index >= 15 is 0 Å². The standard InChI is InChI=1S/C14H20N4O/c1-9-5-6-14(19)13(17-9)8-15-10(2)12-7-16-18(4)11(12)3/h5-7,10,15,19H,8H2,1-4H3. The second-order valence-electron chi connectivity index (χ2n) is 4.83. The summed E-state index contributed by atoms with van der Waals surface area (Å²) < 4.78 is 1.86. The van der Waals surface area contributed by atoms with Gasteiger partial charge in [0, 0.05) is 36.6 Å². The van der Waals surface area contributed by atoms with Crippen molar-refractivity contribution in [1.82, 2.24) is 20.1 Å². The van der Waals surface area contributed by atoms with E-state index < -0.39 is 0 Å². The fourth-order valence-corrected chi connectivity index (χ4v) is 2.03. The van der Waals surface area contributed by atoms with Gasteiger partial charge in [0.2, 0.25) is 0 Å². The maximum Gasteiger partial charge on any atom is 0.138 e. The molecule has 0 fully saturated rings. The molecule has 0 aliphatic rings. The van der Waals surface area contributed by atoms with Crippen LogP contribution in [-0.2, 0) is 13.6 Å². The van der Waals surface area contributed by atoms with Crippen LogP contribution in [0.1, 0.15) is 35.6 Å². The lowest BCUT2D eigenvalue weighted by molar-refractivity contribution is 0.454. The van der Waals surface area contributed by atoms with Crippen LogP contribution in [0.2, 0.25) is 0 Å². The van der Waals surface area contributed by atoms with Crippen LogP contribution in [0.15, 0.2) is 18.3 Å². The Morgan fingerprint density at radius 1 is 1.37 bits per heavy atom. The smallest absolute Gasteiger partial charge is 0.138 e. The van der Waals surface area contributed by atoms with Crippen molar-refractivity contribution in [2.24, 2.45) is 7.05 Å². The zero-order valence-corrected chi connectivity index (χ0v) is 11.8. The summed E-state index contributed by atoms with van der Waals surface area (Å²) in [5, 5.41) is 17.4. The Hall–Kier alpha value is -1.88. The molecule has 19 heavy (non-hydrogen) atoms. The highest BCUT2D eigenvalue weighted by molar-refractivity contribution is 5.28. The van der Waals surface area contributed by atoms with Crippen LogP contribution in [0.4, 0.5) is 0 Å². The molecule has 0 aliphatic carbocycles. The number of nitrogens with one attached hydrogen (secondary N) is 1. The molecule has 2 heterocycles. The fourth-order valence-electron chi connectivity index (χ4n) is 2.03. The second kappa shape index (κ2) is 5.40. The van der Waals surface area contributed by atoms with E-state index in [1.807, 2.05) is 31.8 Å². The largest absolute Gasteiger partial charge is 0.506 e. The van der Waals surface area contributed by atoms with E-state index in [4.69, 9.17) is 0 Å². The van der Waals surface area contributed by atoms with Gasteiger partial charge in [0.15, 0.2) is 0 Å². The number of hydrogen-bond acceptors (Lipinski definition) is 4. The number of rotatable bonds is 4. The van der Waals surface area contributed by atoms with Gasteiger partial charge in [0.05, 0.1) is 11.9 Å². The van der Waals surface area contributed by atoms with Gasteiger partial charge in [-0.25, -0.2) is 0 Å². The van der Waals surface area contributed by atoms with Gasteiger partial charge in [0.25, 0.3) is 0 Å². The zero-order chi connectivity index (χ0) is 14.0. The molecule has 0 spiro atoms. The van der Waals surface area contributed by atoms with E-state index in [9.17, 15) is 5.11 Å². The van der Waals surface area contributed by atoms with Gasteiger partial charge >= 0.3 is 0 Å². The van der Waals surface area contributed by atoms with Gasteiger partial charge in [-0.1, -0.05) is 0 Å². The molecule has 2 N–H and O–H groups in total. The molecule has 1 unspecified atom stereocenters. The molecule has 0 radical (unpaired) electrons. The van der Waals surface area contributed by atoms with Gasteiger partial charge in [-0.2, -0.15) is 5.10 Å². The van der Waals surface area contributed by atoms with Crippen molar-refractivity contribution in [3.63, 3.8) is 0 Å². The molecular formula is C14H20N4O. The fraction of sp³-hybridized carbons (Fsp3) is 0.429. The molecule has 102 valence electrons. The van der Waals surface area contributed by atoms with E-state index in [0.29, 0.717) is 12.2 Å². The van der Waals surface area contributed by atoms with Crippen LogP contribution in [0, 0.1) is 13.8 Å². The van der Waals surface area contributed by atoms with Crippen molar-refractivity contribution in [3.05, 3.63) is 41.0 Å². The molecule has 5 heteroatoms. The Morgan fingerprint density at radius 3 is 2.74 bits per heavy atom. The average molecular weight is 260 g/mol. The van der Waals surface area contributed by atoms with Gasteiger partial charge < -0.3 is 10.4 Å². The summed E-state index contributed by atoms with van der Waals surface area (Å²) in [7, 11) is 1.93. The number of nitrogens with zero attached hydrogens (tertiary/aromatic N) is 3. The maximum absolute atomic E-state index is 9.76. The van der Waals surface area contributed by atoms with E-state index in [2.05, 4.69) is 22.3 Å². The van der Waals surface area contributed by atoms with Gasteiger partial charge in [-0.3, -0.25) is 9.67 Å². The lowest BCUT2D eigenvalue weighted by Crippen LogP contribution is -2.19. The Morgan fingerprint density at radius 2 is 2.11 bits per heavy atom. The number of hydrogen-bond donors (Lipinski definition) is 2. The molecule has 2 aromatic rings. The zero-order valence-electron chi connectivity index (χ0n) is 11.8. The first-order chi connectivity index (χ1) is 8.99. The summed E-state index contributed by atoms with van der Waals surface area (Å²) in [4.78, 5) is 4.33. The third-order valence-electron chi connectivity index (χ3n) is 3.40. The third kappa shape index (κ3) is 2.93. The Labute approximate surface area is 113 Å². The SMILES string of the molecule is Cc1ccc(O)c(CNC(C)c2cnn(C)c2C)n1. The molecule has 0 bridgehead atoms. The van der Waals surface area contributed by atoms with E-state index in [0.717, 1.165) is 17.0 Å². The summed E-state index contributed by atoms with van der Waals surface area (Å²) in [6, 6.07) is 3.64. The molecule has 2 aromatic heterocycles. The van der Waals surface area contributed by atoms with Crippen molar-refractivity contribution in [3.8, 4) is 5.75 Å². The van der Waals surface area contributed by atoms with E-state index in [1.165, 1.54) is 0 Å². The summed E-state index contributed by atoms with van der Waals surface area (Å²) in [5.74, 6) is 0.230. The molecule has 0 amide bonds. The number of aromatic hydroxyl groups is 1. The summed E-state index contributed by atoms with van der Waals surface area (Å²) in [5.41, 5.74) is 3.88. The predicted octanol–water partition coefficient (Wildman–Crippen LogP) is 1.99. The highest BCUT2D eigenvalue weighted by Crippen LogP contribution is 2.19. The summed E-state index contributed by atoms with van der Waals surface area (Å²) in [6.07, 6.45) is 1.87. The Balaban J connectivity index is 2.06. The molecule has 0 saturated carbocycles. The number of aromatic nitrogens is 3. The first-order valence-electron chi connectivity index (χ1n) is 6.36. The molecule has 0 saturated heterocycles. The minimum atomic E-state index is 0.162. The quantitative estimate of drug-likeness (QED) is 0.882. The molecule has 5 nitrogen and oxygen atoms in total. The molecule has 0 aliphatic heterocycles. The van der Waals surface area contributed by atoms with Crippen molar-refractivity contribution < 1.29 is 5.11 Å². The van der Waals surface area contributed by atoms with E-state index in [1.54, 1.807) is 12.1 Å². The molecule has 2 rings (SSSR count). The van der Waals surface area contributed by atoms with Crippen LogP contribution in [0.3, 0.4) is 0 Å². The Kier molecular flexibility index (Phi) is 3.85. The second-order valence-corrected chi connectivity index (χ2v) is 4.83. The van der Waals surface area contributed by atoms with Crippen LogP contribution >= 0.6 is 0 Å².